The van der Waals surface area contributed by atoms with Crippen LogP contribution in [-0.4, -0.2) is 65.4 Å². The molecule has 0 unspecified atom stereocenters. The zero-order valence-corrected chi connectivity index (χ0v) is 12.7. The molecule has 2 aliphatic heterocycles. The molecule has 118 valence electrons. The number of phenolic OH excluding ortho intramolecular Hbond substituents is 1. The summed E-state index contributed by atoms with van der Waals surface area (Å²) < 4.78 is 0. The van der Waals surface area contributed by atoms with E-state index in [-0.39, 0.29) is 11.7 Å². The van der Waals surface area contributed by atoms with Gasteiger partial charge in [-0.3, -0.25) is 4.79 Å². The van der Waals surface area contributed by atoms with E-state index in [9.17, 15) is 9.90 Å². The number of oxime groups is 1. The van der Waals surface area contributed by atoms with Gasteiger partial charge in [0, 0.05) is 38.2 Å². The van der Waals surface area contributed by atoms with Crippen molar-refractivity contribution in [1.82, 2.24) is 9.80 Å². The van der Waals surface area contributed by atoms with Crippen LogP contribution in [0.15, 0.2) is 29.4 Å². The van der Waals surface area contributed by atoms with E-state index in [1.54, 1.807) is 18.2 Å². The molecule has 0 aromatic heterocycles. The first-order valence-corrected chi connectivity index (χ1v) is 7.71. The second-order valence-electron chi connectivity index (χ2n) is 5.61. The Bertz CT molecular complexity index is 580. The molecule has 1 aromatic carbocycles. The smallest absolute Gasteiger partial charge is 0.266 e. The van der Waals surface area contributed by atoms with Gasteiger partial charge in [-0.25, -0.2) is 0 Å². The Kier molecular flexibility index (Phi) is 4.29. The van der Waals surface area contributed by atoms with Crippen LogP contribution in [0.3, 0.4) is 0 Å². The number of likely N-dealkylation sites (N-methyl/N-ethyl adjacent to an activating group) is 1. The van der Waals surface area contributed by atoms with Crippen LogP contribution in [0.25, 0.3) is 0 Å². The standard InChI is InChI=1S/C16H21N3O3/c1-2-18-7-9-19(10-8-18)16(21)15-11-13(17-22-15)12-5-3-4-6-14(12)20/h3-6,15,20H,2,7-11H2,1H3/t15-/m1/s1. The summed E-state index contributed by atoms with van der Waals surface area (Å²) in [7, 11) is 0. The third kappa shape index (κ3) is 2.92. The third-order valence-corrected chi connectivity index (χ3v) is 4.29. The fraction of sp³-hybridized carbons (Fsp3) is 0.500. The van der Waals surface area contributed by atoms with Crippen molar-refractivity contribution in [1.29, 1.82) is 0 Å². The molecule has 3 rings (SSSR count). The van der Waals surface area contributed by atoms with Crippen molar-refractivity contribution in [2.75, 3.05) is 32.7 Å². The molecule has 1 amide bonds. The van der Waals surface area contributed by atoms with Crippen molar-refractivity contribution >= 4 is 11.6 Å². The summed E-state index contributed by atoms with van der Waals surface area (Å²) in [5, 5.41) is 13.9. The van der Waals surface area contributed by atoms with Gasteiger partial charge in [-0.15, -0.1) is 0 Å². The van der Waals surface area contributed by atoms with Crippen molar-refractivity contribution in [2.45, 2.75) is 19.4 Å². The molecule has 1 atom stereocenters. The molecule has 2 aliphatic rings. The molecular weight excluding hydrogens is 282 g/mol. The molecule has 6 heteroatoms. The van der Waals surface area contributed by atoms with Gasteiger partial charge in [-0.05, 0) is 18.7 Å². The molecular formula is C16H21N3O3. The van der Waals surface area contributed by atoms with Crippen molar-refractivity contribution in [2.24, 2.45) is 5.16 Å². The van der Waals surface area contributed by atoms with E-state index in [0.29, 0.717) is 17.7 Å². The highest BCUT2D eigenvalue weighted by Gasteiger charge is 2.34. The van der Waals surface area contributed by atoms with Gasteiger partial charge >= 0.3 is 0 Å². The largest absolute Gasteiger partial charge is 0.507 e. The predicted molar refractivity (Wildman–Crippen MR) is 82.8 cm³/mol. The summed E-state index contributed by atoms with van der Waals surface area (Å²) in [6.45, 7) is 6.42. The molecule has 22 heavy (non-hydrogen) atoms. The average Bonchev–Trinajstić information content (AvgIpc) is 3.04. The Morgan fingerprint density at radius 3 is 2.73 bits per heavy atom. The lowest BCUT2D eigenvalue weighted by molar-refractivity contribution is -0.143. The Morgan fingerprint density at radius 1 is 1.32 bits per heavy atom. The molecule has 2 heterocycles. The minimum absolute atomic E-state index is 0.00933. The maximum absolute atomic E-state index is 12.5. The van der Waals surface area contributed by atoms with E-state index in [1.807, 2.05) is 11.0 Å². The highest BCUT2D eigenvalue weighted by Crippen LogP contribution is 2.24. The predicted octanol–water partition coefficient (Wildman–Crippen LogP) is 1.05. The normalized spacial score (nSPS) is 22.3. The van der Waals surface area contributed by atoms with Crippen LogP contribution in [0.5, 0.6) is 5.75 Å². The van der Waals surface area contributed by atoms with Gasteiger partial charge in [-0.1, -0.05) is 24.2 Å². The van der Waals surface area contributed by atoms with Gasteiger partial charge in [0.15, 0.2) is 0 Å². The van der Waals surface area contributed by atoms with Crippen molar-refractivity contribution in [3.8, 4) is 5.75 Å². The second kappa shape index (κ2) is 6.36. The first kappa shape index (κ1) is 14.8. The molecule has 1 fully saturated rings. The number of aromatic hydroxyl groups is 1. The SMILES string of the molecule is CCN1CCN(C(=O)[C@H]2CC(c3ccccc3O)=NO2)CC1. The first-order valence-electron chi connectivity index (χ1n) is 7.71. The van der Waals surface area contributed by atoms with Crippen molar-refractivity contribution in [3.63, 3.8) is 0 Å². The minimum atomic E-state index is -0.567. The van der Waals surface area contributed by atoms with E-state index in [4.69, 9.17) is 4.84 Å². The number of piperazine rings is 1. The Morgan fingerprint density at radius 2 is 2.05 bits per heavy atom. The first-order chi connectivity index (χ1) is 10.7. The molecule has 0 radical (unpaired) electrons. The summed E-state index contributed by atoms with van der Waals surface area (Å²) in [5.74, 6) is 0.152. The quantitative estimate of drug-likeness (QED) is 0.906. The van der Waals surface area contributed by atoms with Gasteiger partial charge in [0.25, 0.3) is 5.91 Å². The van der Waals surface area contributed by atoms with Gasteiger partial charge in [0.05, 0.1) is 5.71 Å². The van der Waals surface area contributed by atoms with Gasteiger partial charge in [0.2, 0.25) is 6.10 Å². The maximum atomic E-state index is 12.5. The van der Waals surface area contributed by atoms with Crippen LogP contribution in [0.1, 0.15) is 18.9 Å². The number of phenols is 1. The molecule has 6 nitrogen and oxygen atoms in total. The zero-order chi connectivity index (χ0) is 15.5. The summed E-state index contributed by atoms with van der Waals surface area (Å²) >= 11 is 0. The molecule has 0 aliphatic carbocycles. The molecule has 1 saturated heterocycles. The fourth-order valence-corrected chi connectivity index (χ4v) is 2.87. The number of para-hydroxylation sites is 1. The number of hydrogen-bond donors (Lipinski definition) is 1. The highest BCUT2D eigenvalue weighted by molar-refractivity contribution is 6.05. The Hall–Kier alpha value is -2.08. The van der Waals surface area contributed by atoms with Crippen LogP contribution in [0.2, 0.25) is 0 Å². The summed E-state index contributed by atoms with van der Waals surface area (Å²) in [4.78, 5) is 22.0. The number of rotatable bonds is 3. The molecule has 1 N–H and O–H groups in total. The molecule has 0 bridgehead atoms. The van der Waals surface area contributed by atoms with E-state index < -0.39 is 6.10 Å². The molecule has 1 aromatic rings. The summed E-state index contributed by atoms with van der Waals surface area (Å²) in [6, 6.07) is 6.98. The highest BCUT2D eigenvalue weighted by atomic mass is 16.6. The number of carbonyl (C=O) groups is 1. The minimum Gasteiger partial charge on any atom is -0.507 e. The van der Waals surface area contributed by atoms with E-state index in [2.05, 4.69) is 17.0 Å². The van der Waals surface area contributed by atoms with Crippen molar-refractivity contribution in [3.05, 3.63) is 29.8 Å². The fourth-order valence-electron chi connectivity index (χ4n) is 2.87. The lowest BCUT2D eigenvalue weighted by atomic mass is 10.0. The monoisotopic (exact) mass is 303 g/mol. The van der Waals surface area contributed by atoms with Crippen LogP contribution < -0.4 is 0 Å². The Labute approximate surface area is 130 Å². The third-order valence-electron chi connectivity index (χ3n) is 4.29. The maximum Gasteiger partial charge on any atom is 0.266 e. The van der Waals surface area contributed by atoms with Crippen molar-refractivity contribution < 1.29 is 14.7 Å². The molecule has 0 spiro atoms. The van der Waals surface area contributed by atoms with Crippen LogP contribution in [-0.2, 0) is 9.63 Å². The number of amides is 1. The van der Waals surface area contributed by atoms with E-state index in [1.165, 1.54) is 0 Å². The zero-order valence-electron chi connectivity index (χ0n) is 12.7. The Balaban J connectivity index is 1.60. The lowest BCUT2D eigenvalue weighted by Crippen LogP contribution is -2.51. The summed E-state index contributed by atoms with van der Waals surface area (Å²) in [5.41, 5.74) is 1.26. The average molecular weight is 303 g/mol. The van der Waals surface area contributed by atoms with Gasteiger partial charge < -0.3 is 19.7 Å². The number of benzene rings is 1. The van der Waals surface area contributed by atoms with Gasteiger partial charge in [0.1, 0.15) is 5.75 Å². The molecule has 0 saturated carbocycles. The van der Waals surface area contributed by atoms with Crippen LogP contribution in [0, 0.1) is 0 Å². The van der Waals surface area contributed by atoms with Crippen LogP contribution in [0.4, 0.5) is 0 Å². The lowest BCUT2D eigenvalue weighted by Gasteiger charge is -2.34. The van der Waals surface area contributed by atoms with Gasteiger partial charge in [-0.2, -0.15) is 0 Å². The van der Waals surface area contributed by atoms with E-state index in [0.717, 1.165) is 32.7 Å². The number of nitrogens with zero attached hydrogens (tertiary/aromatic N) is 3. The topological polar surface area (TPSA) is 65.4 Å². The van der Waals surface area contributed by atoms with Crippen LogP contribution >= 0.6 is 0 Å². The summed E-state index contributed by atoms with van der Waals surface area (Å²) in [6.07, 6.45) is -0.160. The number of hydrogen-bond acceptors (Lipinski definition) is 5. The second-order valence-corrected chi connectivity index (χ2v) is 5.61. The van der Waals surface area contributed by atoms with E-state index >= 15 is 0 Å². The number of carbonyl (C=O) groups excluding carboxylic acids is 1.